The van der Waals surface area contributed by atoms with Crippen LogP contribution in [0, 0.1) is 5.82 Å². The Morgan fingerprint density at radius 1 is 1.25 bits per heavy atom. The number of benzene rings is 2. The quantitative estimate of drug-likeness (QED) is 0.876. The number of halogens is 2. The van der Waals surface area contributed by atoms with Crippen LogP contribution in [0.1, 0.15) is 15.9 Å². The highest BCUT2D eigenvalue weighted by molar-refractivity contribution is 9.10. The van der Waals surface area contributed by atoms with Crippen LogP contribution in [-0.2, 0) is 6.42 Å². The van der Waals surface area contributed by atoms with Crippen LogP contribution in [0.2, 0.25) is 0 Å². The van der Waals surface area contributed by atoms with Crippen LogP contribution >= 0.6 is 15.9 Å². The van der Waals surface area contributed by atoms with Crippen molar-refractivity contribution in [3.8, 4) is 0 Å². The highest BCUT2D eigenvalue weighted by Crippen LogP contribution is 2.24. The van der Waals surface area contributed by atoms with E-state index in [1.807, 2.05) is 12.1 Å². The highest BCUT2D eigenvalue weighted by atomic mass is 79.9. The van der Waals surface area contributed by atoms with Gasteiger partial charge in [0.25, 0.3) is 5.91 Å². The molecule has 0 spiro atoms. The Labute approximate surface area is 124 Å². The van der Waals surface area contributed by atoms with Crippen molar-refractivity contribution in [2.45, 2.75) is 6.42 Å². The number of nitrogens with one attached hydrogen (secondary N) is 2. The molecule has 1 aliphatic rings. The normalized spacial score (nSPS) is 12.7. The zero-order valence-electron chi connectivity index (χ0n) is 10.5. The molecule has 0 aliphatic carbocycles. The maximum absolute atomic E-state index is 13.1. The van der Waals surface area contributed by atoms with Crippen molar-refractivity contribution in [2.75, 3.05) is 17.2 Å². The second kappa shape index (κ2) is 5.25. The molecule has 0 bridgehead atoms. The lowest BCUT2D eigenvalue weighted by molar-refractivity contribution is 0.102. The number of amides is 1. The summed E-state index contributed by atoms with van der Waals surface area (Å²) >= 11 is 3.10. The molecular formula is C15H12BrFN2O. The summed E-state index contributed by atoms with van der Waals surface area (Å²) < 4.78 is 13.5. The molecule has 0 aromatic heterocycles. The summed E-state index contributed by atoms with van der Waals surface area (Å²) in [7, 11) is 0. The minimum absolute atomic E-state index is 0.196. The number of anilines is 2. The monoisotopic (exact) mass is 334 g/mol. The molecule has 2 N–H and O–H groups in total. The lowest BCUT2D eigenvalue weighted by atomic mass is 10.1. The molecule has 0 atom stereocenters. The molecule has 1 aliphatic heterocycles. The number of hydrogen-bond acceptors (Lipinski definition) is 2. The molecule has 0 saturated heterocycles. The fourth-order valence-corrected chi connectivity index (χ4v) is 2.60. The molecule has 102 valence electrons. The first-order valence-corrected chi connectivity index (χ1v) is 7.06. The van der Waals surface area contributed by atoms with Gasteiger partial charge in [-0.2, -0.15) is 0 Å². The number of carbonyl (C=O) groups is 1. The summed E-state index contributed by atoms with van der Waals surface area (Å²) in [4.78, 5) is 12.2. The van der Waals surface area contributed by atoms with E-state index < -0.39 is 0 Å². The molecule has 2 aromatic carbocycles. The second-order valence-corrected chi connectivity index (χ2v) is 5.49. The summed E-state index contributed by atoms with van der Waals surface area (Å²) in [6.45, 7) is 0.908. The maximum atomic E-state index is 13.1. The first-order chi connectivity index (χ1) is 9.63. The predicted octanol–water partition coefficient (Wildman–Crippen LogP) is 3.81. The highest BCUT2D eigenvalue weighted by Gasteiger charge is 2.13. The molecule has 20 heavy (non-hydrogen) atoms. The predicted molar refractivity (Wildman–Crippen MR) is 80.7 cm³/mol. The van der Waals surface area contributed by atoms with E-state index in [4.69, 9.17) is 0 Å². The van der Waals surface area contributed by atoms with Gasteiger partial charge in [-0.15, -0.1) is 0 Å². The average Bonchev–Trinajstić information content (AvgIpc) is 2.90. The summed E-state index contributed by atoms with van der Waals surface area (Å²) in [5.74, 6) is -0.551. The molecule has 0 unspecified atom stereocenters. The van der Waals surface area contributed by atoms with Gasteiger partial charge in [0, 0.05) is 23.5 Å². The van der Waals surface area contributed by atoms with Crippen molar-refractivity contribution >= 4 is 33.2 Å². The Kier molecular flexibility index (Phi) is 3.44. The van der Waals surface area contributed by atoms with Crippen LogP contribution < -0.4 is 10.6 Å². The van der Waals surface area contributed by atoms with E-state index in [0.29, 0.717) is 15.7 Å². The van der Waals surface area contributed by atoms with Crippen LogP contribution in [0.3, 0.4) is 0 Å². The van der Waals surface area contributed by atoms with E-state index in [9.17, 15) is 9.18 Å². The van der Waals surface area contributed by atoms with Gasteiger partial charge in [0.15, 0.2) is 0 Å². The van der Waals surface area contributed by atoms with Crippen LogP contribution in [0.15, 0.2) is 40.9 Å². The standard InChI is InChI=1S/C15H12BrFN2O/c16-12-8-11(2-3-13(12)17)19-15(20)10-1-4-14-9(7-10)5-6-18-14/h1-4,7-8,18H,5-6H2,(H,19,20). The average molecular weight is 335 g/mol. The lowest BCUT2D eigenvalue weighted by Crippen LogP contribution is -2.12. The smallest absolute Gasteiger partial charge is 0.255 e. The van der Waals surface area contributed by atoms with Gasteiger partial charge in [-0.05, 0) is 64.3 Å². The van der Waals surface area contributed by atoms with Gasteiger partial charge in [-0.3, -0.25) is 4.79 Å². The molecule has 0 radical (unpaired) electrons. The largest absolute Gasteiger partial charge is 0.384 e. The fraction of sp³-hybridized carbons (Fsp3) is 0.133. The van der Waals surface area contributed by atoms with Gasteiger partial charge in [0.2, 0.25) is 0 Å². The number of carbonyl (C=O) groups excluding carboxylic acids is 1. The van der Waals surface area contributed by atoms with Crippen molar-refractivity contribution in [3.05, 3.63) is 57.8 Å². The number of fused-ring (bicyclic) bond motifs is 1. The Bertz CT molecular complexity index is 688. The van der Waals surface area contributed by atoms with Crippen molar-refractivity contribution in [1.82, 2.24) is 0 Å². The minimum Gasteiger partial charge on any atom is -0.384 e. The lowest BCUT2D eigenvalue weighted by Gasteiger charge is -2.07. The summed E-state index contributed by atoms with van der Waals surface area (Å²) in [5, 5.41) is 6.01. The zero-order valence-corrected chi connectivity index (χ0v) is 12.1. The number of rotatable bonds is 2. The second-order valence-electron chi connectivity index (χ2n) is 4.63. The van der Waals surface area contributed by atoms with E-state index in [1.165, 1.54) is 12.1 Å². The van der Waals surface area contributed by atoms with Crippen molar-refractivity contribution in [2.24, 2.45) is 0 Å². The summed E-state index contributed by atoms with van der Waals surface area (Å²) in [6.07, 6.45) is 0.929. The van der Waals surface area contributed by atoms with Crippen molar-refractivity contribution in [3.63, 3.8) is 0 Å². The van der Waals surface area contributed by atoms with Crippen LogP contribution in [0.25, 0.3) is 0 Å². The summed E-state index contributed by atoms with van der Waals surface area (Å²) in [6, 6.07) is 9.98. The zero-order chi connectivity index (χ0) is 14.1. The number of hydrogen-bond donors (Lipinski definition) is 2. The third kappa shape index (κ3) is 2.54. The maximum Gasteiger partial charge on any atom is 0.255 e. The van der Waals surface area contributed by atoms with E-state index in [2.05, 4.69) is 26.6 Å². The molecule has 5 heteroatoms. The van der Waals surface area contributed by atoms with E-state index in [1.54, 1.807) is 12.1 Å². The van der Waals surface area contributed by atoms with Crippen LogP contribution in [0.4, 0.5) is 15.8 Å². The van der Waals surface area contributed by atoms with E-state index in [-0.39, 0.29) is 11.7 Å². The van der Waals surface area contributed by atoms with E-state index >= 15 is 0 Å². The molecule has 1 amide bonds. The molecule has 2 aromatic rings. The van der Waals surface area contributed by atoms with Gasteiger partial charge in [0.05, 0.1) is 4.47 Å². The third-order valence-electron chi connectivity index (χ3n) is 3.25. The van der Waals surface area contributed by atoms with Crippen molar-refractivity contribution in [1.29, 1.82) is 0 Å². The molecule has 0 fully saturated rings. The Balaban J connectivity index is 1.80. The van der Waals surface area contributed by atoms with Gasteiger partial charge < -0.3 is 10.6 Å². The van der Waals surface area contributed by atoms with Gasteiger partial charge in [0.1, 0.15) is 5.82 Å². The van der Waals surface area contributed by atoms with Crippen LogP contribution in [-0.4, -0.2) is 12.5 Å². The Morgan fingerprint density at radius 2 is 2.10 bits per heavy atom. The van der Waals surface area contributed by atoms with Gasteiger partial charge in [-0.1, -0.05) is 0 Å². The van der Waals surface area contributed by atoms with Gasteiger partial charge in [-0.25, -0.2) is 4.39 Å². The third-order valence-corrected chi connectivity index (χ3v) is 3.86. The Hall–Kier alpha value is -1.88. The minimum atomic E-state index is -0.355. The molecule has 1 heterocycles. The van der Waals surface area contributed by atoms with Gasteiger partial charge >= 0.3 is 0 Å². The molecule has 3 nitrogen and oxygen atoms in total. The SMILES string of the molecule is O=C(Nc1ccc(F)c(Br)c1)c1ccc2c(c1)CCN2. The van der Waals surface area contributed by atoms with E-state index in [0.717, 1.165) is 24.2 Å². The topological polar surface area (TPSA) is 41.1 Å². The molecule has 0 saturated carbocycles. The Morgan fingerprint density at radius 3 is 2.90 bits per heavy atom. The molecular weight excluding hydrogens is 323 g/mol. The fourth-order valence-electron chi connectivity index (χ4n) is 2.22. The first kappa shape index (κ1) is 13.1. The summed E-state index contributed by atoms with van der Waals surface area (Å²) in [5.41, 5.74) is 3.40. The first-order valence-electron chi connectivity index (χ1n) is 6.27. The molecule has 3 rings (SSSR count). The van der Waals surface area contributed by atoms with Crippen molar-refractivity contribution < 1.29 is 9.18 Å². The van der Waals surface area contributed by atoms with Crippen LogP contribution in [0.5, 0.6) is 0 Å².